The number of thiazole rings is 1. The number of carbonyl (C=O) groups is 3. The first kappa shape index (κ1) is 20.4. The molecule has 3 aromatic rings. The molecule has 2 aromatic carbocycles. The molecule has 3 amide bonds. The molecule has 1 aliphatic rings. The second kappa shape index (κ2) is 8.49. The molecule has 0 radical (unpaired) electrons. The smallest absolute Gasteiger partial charge is 0.261 e. The Morgan fingerprint density at radius 3 is 2.20 bits per heavy atom. The van der Waals surface area contributed by atoms with Crippen LogP contribution in [0.3, 0.4) is 0 Å². The molecule has 1 aliphatic heterocycles. The largest absolute Gasteiger partial charge is 0.286 e. The summed E-state index contributed by atoms with van der Waals surface area (Å²) in [5.41, 5.74) is 1.77. The Morgan fingerprint density at radius 2 is 1.67 bits per heavy atom. The molecule has 152 valence electrons. The summed E-state index contributed by atoms with van der Waals surface area (Å²) in [7, 11) is 0. The molecular formula is C22H18BrN3O3S. The summed E-state index contributed by atoms with van der Waals surface area (Å²) in [6.07, 6.45) is 2.06. The number of halogens is 1. The number of amides is 3. The normalized spacial score (nSPS) is 14.0. The molecule has 0 fully saturated rings. The van der Waals surface area contributed by atoms with E-state index in [1.165, 1.54) is 28.1 Å². The van der Waals surface area contributed by atoms with Gasteiger partial charge in [-0.15, -0.1) is 0 Å². The summed E-state index contributed by atoms with van der Waals surface area (Å²) in [6, 6.07) is 15.9. The summed E-state index contributed by atoms with van der Waals surface area (Å²) >= 11 is 4.70. The van der Waals surface area contributed by atoms with E-state index >= 15 is 0 Å². The molecule has 0 saturated heterocycles. The van der Waals surface area contributed by atoms with Crippen molar-refractivity contribution in [1.29, 1.82) is 0 Å². The van der Waals surface area contributed by atoms with Crippen molar-refractivity contribution in [2.24, 2.45) is 0 Å². The highest BCUT2D eigenvalue weighted by atomic mass is 79.9. The van der Waals surface area contributed by atoms with Gasteiger partial charge in [-0.2, -0.15) is 0 Å². The molecule has 2 heterocycles. The number of aromatic nitrogens is 1. The maximum Gasteiger partial charge on any atom is 0.261 e. The van der Waals surface area contributed by atoms with Gasteiger partial charge in [0.1, 0.15) is 0 Å². The monoisotopic (exact) mass is 483 g/mol. The minimum absolute atomic E-state index is 0.162. The number of fused-ring (bicyclic) bond motifs is 1. The van der Waals surface area contributed by atoms with Gasteiger partial charge in [0.2, 0.25) is 5.91 Å². The van der Waals surface area contributed by atoms with Crippen LogP contribution in [0.1, 0.15) is 33.2 Å². The lowest BCUT2D eigenvalue weighted by atomic mass is 10.0. The molecule has 1 aromatic heterocycles. The highest BCUT2D eigenvalue weighted by Gasteiger charge is 2.41. The zero-order valence-corrected chi connectivity index (χ0v) is 18.5. The fraction of sp³-hybridized carbons (Fsp3) is 0.182. The Kier molecular flexibility index (Phi) is 5.78. The van der Waals surface area contributed by atoms with Gasteiger partial charge in [-0.3, -0.25) is 24.2 Å². The summed E-state index contributed by atoms with van der Waals surface area (Å²) in [4.78, 5) is 45.7. The fourth-order valence-corrected chi connectivity index (χ4v) is 4.82. The third-order valence-corrected chi connectivity index (χ3v) is 6.47. The molecule has 0 spiro atoms. The Morgan fingerprint density at radius 1 is 1.07 bits per heavy atom. The number of rotatable bonds is 6. The molecule has 8 heteroatoms. The van der Waals surface area contributed by atoms with Crippen molar-refractivity contribution in [2.75, 3.05) is 11.4 Å². The van der Waals surface area contributed by atoms with E-state index in [1.807, 2.05) is 30.3 Å². The van der Waals surface area contributed by atoms with Gasteiger partial charge < -0.3 is 0 Å². The number of carbonyl (C=O) groups excluding carboxylic acids is 3. The first-order valence-electron chi connectivity index (χ1n) is 9.36. The Labute approximate surface area is 186 Å². The fourth-order valence-electron chi connectivity index (χ4n) is 3.59. The molecule has 0 N–H and O–H groups in total. The van der Waals surface area contributed by atoms with E-state index in [0.717, 1.165) is 9.35 Å². The standard InChI is InChI=1S/C22H18BrN3O3S/c1-14(27)25(22-24-12-19(23)30-22)13-16(11-15-7-3-2-4-8-15)26-20(28)17-9-5-6-10-18(17)21(26)29/h2-10,12,16H,11,13H2,1H3. The first-order valence-corrected chi connectivity index (χ1v) is 11.0. The van der Waals surface area contributed by atoms with Crippen LogP contribution >= 0.6 is 27.3 Å². The van der Waals surface area contributed by atoms with E-state index in [9.17, 15) is 14.4 Å². The number of anilines is 1. The molecule has 0 aliphatic carbocycles. The van der Waals surface area contributed by atoms with Crippen LogP contribution in [-0.2, 0) is 11.2 Å². The quantitative estimate of drug-likeness (QED) is 0.493. The average molecular weight is 484 g/mol. The molecule has 1 atom stereocenters. The lowest BCUT2D eigenvalue weighted by Gasteiger charge is -2.30. The molecular weight excluding hydrogens is 466 g/mol. The Bertz CT molecular complexity index is 1080. The first-order chi connectivity index (χ1) is 14.5. The van der Waals surface area contributed by atoms with Gasteiger partial charge in [0.15, 0.2) is 5.13 Å². The lowest BCUT2D eigenvalue weighted by Crippen LogP contribution is -2.49. The Balaban J connectivity index is 1.71. The summed E-state index contributed by atoms with van der Waals surface area (Å²) in [5.74, 6) is -0.868. The minimum atomic E-state index is -0.536. The van der Waals surface area contributed by atoms with Crippen LogP contribution in [0, 0.1) is 0 Å². The number of hydrogen-bond donors (Lipinski definition) is 0. The van der Waals surface area contributed by atoms with Crippen molar-refractivity contribution in [3.8, 4) is 0 Å². The summed E-state index contributed by atoms with van der Waals surface area (Å²) in [5, 5.41) is 0.518. The van der Waals surface area contributed by atoms with Crippen LogP contribution in [0.25, 0.3) is 0 Å². The molecule has 0 saturated carbocycles. The summed E-state index contributed by atoms with van der Waals surface area (Å²) in [6.45, 7) is 1.62. The Hall–Kier alpha value is -2.84. The highest BCUT2D eigenvalue weighted by Crippen LogP contribution is 2.30. The lowest BCUT2D eigenvalue weighted by molar-refractivity contribution is -0.116. The van der Waals surface area contributed by atoms with Gasteiger partial charge in [-0.05, 0) is 40.0 Å². The minimum Gasteiger partial charge on any atom is -0.286 e. The van der Waals surface area contributed by atoms with Gasteiger partial charge in [0.25, 0.3) is 11.8 Å². The zero-order valence-electron chi connectivity index (χ0n) is 16.1. The molecule has 4 rings (SSSR count). The number of benzene rings is 2. The number of nitrogens with zero attached hydrogens (tertiary/aromatic N) is 3. The van der Waals surface area contributed by atoms with E-state index < -0.39 is 6.04 Å². The van der Waals surface area contributed by atoms with Crippen LogP contribution < -0.4 is 4.90 Å². The SMILES string of the molecule is CC(=O)N(CC(Cc1ccccc1)N1C(=O)c2ccccc2C1=O)c1ncc(Br)s1. The van der Waals surface area contributed by atoms with Crippen LogP contribution in [0.4, 0.5) is 5.13 Å². The summed E-state index contributed by atoms with van der Waals surface area (Å²) < 4.78 is 0.795. The van der Waals surface area contributed by atoms with E-state index in [2.05, 4.69) is 20.9 Å². The van der Waals surface area contributed by atoms with Crippen LogP contribution in [0.5, 0.6) is 0 Å². The molecule has 30 heavy (non-hydrogen) atoms. The number of imide groups is 1. The third-order valence-electron chi connectivity index (χ3n) is 4.97. The average Bonchev–Trinajstić information content (AvgIpc) is 3.27. The second-order valence-corrected chi connectivity index (χ2v) is 9.33. The van der Waals surface area contributed by atoms with Gasteiger partial charge in [0, 0.05) is 13.5 Å². The van der Waals surface area contributed by atoms with Crippen LogP contribution in [0.15, 0.2) is 64.6 Å². The molecule has 6 nitrogen and oxygen atoms in total. The number of hydrogen-bond acceptors (Lipinski definition) is 5. The van der Waals surface area contributed by atoms with Crippen molar-refractivity contribution in [2.45, 2.75) is 19.4 Å². The van der Waals surface area contributed by atoms with Gasteiger partial charge >= 0.3 is 0 Å². The van der Waals surface area contributed by atoms with Crippen molar-refractivity contribution in [3.63, 3.8) is 0 Å². The second-order valence-electron chi connectivity index (χ2n) is 6.95. The molecule has 0 bridgehead atoms. The van der Waals surface area contributed by atoms with Crippen LogP contribution in [-0.4, -0.2) is 40.2 Å². The van der Waals surface area contributed by atoms with E-state index in [0.29, 0.717) is 22.7 Å². The van der Waals surface area contributed by atoms with E-state index in [1.54, 1.807) is 30.5 Å². The van der Waals surface area contributed by atoms with Gasteiger partial charge in [-0.1, -0.05) is 53.8 Å². The van der Waals surface area contributed by atoms with Crippen molar-refractivity contribution in [1.82, 2.24) is 9.88 Å². The van der Waals surface area contributed by atoms with Crippen molar-refractivity contribution < 1.29 is 14.4 Å². The van der Waals surface area contributed by atoms with E-state index in [4.69, 9.17) is 0 Å². The van der Waals surface area contributed by atoms with Gasteiger partial charge in [-0.25, -0.2) is 4.98 Å². The van der Waals surface area contributed by atoms with E-state index in [-0.39, 0.29) is 24.3 Å². The highest BCUT2D eigenvalue weighted by molar-refractivity contribution is 9.11. The molecule has 1 unspecified atom stereocenters. The van der Waals surface area contributed by atoms with Crippen molar-refractivity contribution >= 4 is 50.1 Å². The predicted octanol–water partition coefficient (Wildman–Crippen LogP) is 4.17. The topological polar surface area (TPSA) is 70.6 Å². The zero-order chi connectivity index (χ0) is 21.3. The maximum absolute atomic E-state index is 13.1. The van der Waals surface area contributed by atoms with Crippen LogP contribution in [0.2, 0.25) is 0 Å². The third kappa shape index (κ3) is 3.93. The van der Waals surface area contributed by atoms with Crippen molar-refractivity contribution in [3.05, 3.63) is 81.3 Å². The predicted molar refractivity (Wildman–Crippen MR) is 119 cm³/mol. The van der Waals surface area contributed by atoms with Gasteiger partial charge in [0.05, 0.1) is 27.2 Å². The maximum atomic E-state index is 13.1.